The van der Waals surface area contributed by atoms with Crippen molar-refractivity contribution in [3.8, 4) is 0 Å². The number of amides is 1. The summed E-state index contributed by atoms with van der Waals surface area (Å²) >= 11 is 0. The van der Waals surface area contributed by atoms with Crippen LogP contribution in [0, 0.1) is 0 Å². The number of alkyl carbamates (subject to hydrolysis) is 1. The van der Waals surface area contributed by atoms with Crippen molar-refractivity contribution < 1.29 is 14.3 Å². The van der Waals surface area contributed by atoms with E-state index in [1.807, 2.05) is 0 Å². The molecular formula is C10H17NO3. The normalized spacial score (nSPS) is 12.8. The standard InChI is InChI=1S/C10H17NO3/c1-5-8(6-7-12)11-9(13)14-10(2,3)4/h5,7-8H,1,6H2,2-4H3,(H,11,13)/t8-/m1/s1. The maximum atomic E-state index is 11.2. The van der Waals surface area contributed by atoms with E-state index in [1.165, 1.54) is 6.08 Å². The molecule has 4 nitrogen and oxygen atoms in total. The van der Waals surface area contributed by atoms with Crippen molar-refractivity contribution in [1.82, 2.24) is 5.32 Å². The zero-order valence-electron chi connectivity index (χ0n) is 8.87. The molecule has 0 radical (unpaired) electrons. The van der Waals surface area contributed by atoms with E-state index in [2.05, 4.69) is 11.9 Å². The van der Waals surface area contributed by atoms with Crippen LogP contribution in [0.4, 0.5) is 4.79 Å². The molecule has 0 rings (SSSR count). The second-order valence-electron chi connectivity index (χ2n) is 3.89. The summed E-state index contributed by atoms with van der Waals surface area (Å²) in [5.41, 5.74) is -0.531. The highest BCUT2D eigenvalue weighted by molar-refractivity contribution is 5.69. The molecule has 0 heterocycles. The first kappa shape index (κ1) is 12.7. The van der Waals surface area contributed by atoms with Crippen LogP contribution in [0.5, 0.6) is 0 Å². The van der Waals surface area contributed by atoms with Gasteiger partial charge < -0.3 is 14.8 Å². The SMILES string of the molecule is C=C[C@H](CC=O)NC(=O)OC(C)(C)C. The van der Waals surface area contributed by atoms with E-state index < -0.39 is 11.7 Å². The van der Waals surface area contributed by atoms with E-state index in [0.717, 1.165) is 6.29 Å². The number of carbonyl (C=O) groups excluding carboxylic acids is 2. The summed E-state index contributed by atoms with van der Waals surface area (Å²) in [5.74, 6) is 0. The van der Waals surface area contributed by atoms with Gasteiger partial charge in [0, 0.05) is 6.42 Å². The zero-order chi connectivity index (χ0) is 11.2. The molecule has 0 saturated carbocycles. The van der Waals surface area contributed by atoms with E-state index in [4.69, 9.17) is 4.74 Å². The monoisotopic (exact) mass is 199 g/mol. The molecule has 14 heavy (non-hydrogen) atoms. The minimum absolute atomic E-state index is 0.211. The zero-order valence-corrected chi connectivity index (χ0v) is 8.87. The first-order valence-corrected chi connectivity index (χ1v) is 4.44. The van der Waals surface area contributed by atoms with Gasteiger partial charge in [0.25, 0.3) is 0 Å². The number of carbonyl (C=O) groups is 2. The van der Waals surface area contributed by atoms with E-state index in [0.29, 0.717) is 0 Å². The molecule has 0 aliphatic rings. The Hall–Kier alpha value is -1.32. The molecule has 0 aromatic rings. The third kappa shape index (κ3) is 6.22. The molecule has 0 aliphatic carbocycles. The lowest BCUT2D eigenvalue weighted by molar-refractivity contribution is -0.108. The molecule has 0 spiro atoms. The van der Waals surface area contributed by atoms with Gasteiger partial charge in [-0.15, -0.1) is 6.58 Å². The molecule has 0 saturated heterocycles. The Morgan fingerprint density at radius 1 is 1.57 bits per heavy atom. The second-order valence-corrected chi connectivity index (χ2v) is 3.89. The highest BCUT2D eigenvalue weighted by Crippen LogP contribution is 2.07. The first-order valence-electron chi connectivity index (χ1n) is 4.44. The van der Waals surface area contributed by atoms with E-state index >= 15 is 0 Å². The summed E-state index contributed by atoms with van der Waals surface area (Å²) in [6, 6.07) is -0.359. The van der Waals surface area contributed by atoms with Crippen LogP contribution in [-0.4, -0.2) is 24.0 Å². The molecule has 1 atom stereocenters. The smallest absolute Gasteiger partial charge is 0.408 e. The minimum Gasteiger partial charge on any atom is -0.444 e. The number of hydrogen-bond acceptors (Lipinski definition) is 3. The third-order valence-electron chi connectivity index (χ3n) is 1.34. The summed E-state index contributed by atoms with van der Waals surface area (Å²) in [7, 11) is 0. The minimum atomic E-state index is -0.538. The van der Waals surface area contributed by atoms with Gasteiger partial charge in [-0.3, -0.25) is 0 Å². The predicted molar refractivity (Wildman–Crippen MR) is 54.0 cm³/mol. The predicted octanol–water partition coefficient (Wildman–Crippen LogP) is 1.65. The van der Waals surface area contributed by atoms with Gasteiger partial charge in [-0.25, -0.2) is 4.79 Å². The van der Waals surface area contributed by atoms with Crippen molar-refractivity contribution >= 4 is 12.4 Å². The summed E-state index contributed by atoms with van der Waals surface area (Å²) in [6.45, 7) is 8.82. The van der Waals surface area contributed by atoms with Gasteiger partial charge in [-0.2, -0.15) is 0 Å². The fourth-order valence-electron chi connectivity index (χ4n) is 0.777. The van der Waals surface area contributed by atoms with Crippen molar-refractivity contribution in [2.24, 2.45) is 0 Å². The van der Waals surface area contributed by atoms with Gasteiger partial charge in [-0.05, 0) is 20.8 Å². The lowest BCUT2D eigenvalue weighted by Crippen LogP contribution is -2.38. The second kappa shape index (κ2) is 5.42. The van der Waals surface area contributed by atoms with E-state index in [-0.39, 0.29) is 12.5 Å². The van der Waals surface area contributed by atoms with Crippen molar-refractivity contribution in [1.29, 1.82) is 0 Å². The summed E-state index contributed by atoms with van der Waals surface area (Å²) in [6.07, 6.45) is 1.90. The van der Waals surface area contributed by atoms with E-state index in [9.17, 15) is 9.59 Å². The fraction of sp³-hybridized carbons (Fsp3) is 0.600. The molecule has 80 valence electrons. The quantitative estimate of drug-likeness (QED) is 0.553. The molecule has 0 unspecified atom stereocenters. The summed E-state index contributed by atoms with van der Waals surface area (Å²) < 4.78 is 5.00. The molecule has 0 aromatic carbocycles. The molecule has 1 N–H and O–H groups in total. The van der Waals surface area contributed by atoms with Crippen LogP contribution < -0.4 is 5.32 Å². The number of hydrogen-bond donors (Lipinski definition) is 1. The molecule has 1 amide bonds. The maximum Gasteiger partial charge on any atom is 0.408 e. The van der Waals surface area contributed by atoms with Gasteiger partial charge in [0.05, 0.1) is 6.04 Å². The van der Waals surface area contributed by atoms with Crippen LogP contribution in [0.15, 0.2) is 12.7 Å². The molecule has 0 fully saturated rings. The Balaban J connectivity index is 4.03. The molecule has 0 aromatic heterocycles. The average molecular weight is 199 g/mol. The Morgan fingerprint density at radius 2 is 2.14 bits per heavy atom. The topological polar surface area (TPSA) is 55.4 Å². The number of nitrogens with one attached hydrogen (secondary N) is 1. The summed E-state index contributed by atoms with van der Waals surface area (Å²) in [4.78, 5) is 21.4. The lowest BCUT2D eigenvalue weighted by Gasteiger charge is -2.21. The number of ether oxygens (including phenoxy) is 1. The van der Waals surface area contributed by atoms with Crippen LogP contribution >= 0.6 is 0 Å². The molecule has 4 heteroatoms. The maximum absolute atomic E-state index is 11.2. The molecule has 0 aliphatic heterocycles. The van der Waals surface area contributed by atoms with Gasteiger partial charge in [0.2, 0.25) is 0 Å². The summed E-state index contributed by atoms with van der Waals surface area (Å²) in [5, 5.41) is 2.51. The fourth-order valence-corrected chi connectivity index (χ4v) is 0.777. The Morgan fingerprint density at radius 3 is 2.50 bits per heavy atom. The van der Waals surface area contributed by atoms with Gasteiger partial charge in [-0.1, -0.05) is 6.08 Å². The van der Waals surface area contributed by atoms with Crippen molar-refractivity contribution in [2.75, 3.05) is 0 Å². The van der Waals surface area contributed by atoms with Gasteiger partial charge >= 0.3 is 6.09 Å². The van der Waals surface area contributed by atoms with Crippen LogP contribution in [0.3, 0.4) is 0 Å². The largest absolute Gasteiger partial charge is 0.444 e. The third-order valence-corrected chi connectivity index (χ3v) is 1.34. The van der Waals surface area contributed by atoms with Crippen LogP contribution in [0.25, 0.3) is 0 Å². The number of rotatable bonds is 4. The van der Waals surface area contributed by atoms with Crippen molar-refractivity contribution in [3.05, 3.63) is 12.7 Å². The van der Waals surface area contributed by atoms with Gasteiger partial charge in [0.15, 0.2) is 0 Å². The van der Waals surface area contributed by atoms with Crippen LogP contribution in [0.2, 0.25) is 0 Å². The first-order chi connectivity index (χ1) is 6.39. The van der Waals surface area contributed by atoms with Crippen LogP contribution in [0.1, 0.15) is 27.2 Å². The van der Waals surface area contributed by atoms with Crippen molar-refractivity contribution in [2.45, 2.75) is 38.8 Å². The van der Waals surface area contributed by atoms with Crippen LogP contribution in [-0.2, 0) is 9.53 Å². The average Bonchev–Trinajstić information content (AvgIpc) is 2.00. The number of aldehydes is 1. The molecule has 0 bridgehead atoms. The Bertz CT molecular complexity index is 218. The molecular weight excluding hydrogens is 182 g/mol. The van der Waals surface area contributed by atoms with E-state index in [1.54, 1.807) is 20.8 Å². The van der Waals surface area contributed by atoms with Crippen molar-refractivity contribution in [3.63, 3.8) is 0 Å². The highest BCUT2D eigenvalue weighted by Gasteiger charge is 2.17. The Kier molecular flexibility index (Phi) is 4.91. The van der Waals surface area contributed by atoms with Gasteiger partial charge in [0.1, 0.15) is 11.9 Å². The highest BCUT2D eigenvalue weighted by atomic mass is 16.6. The Labute approximate surface area is 84.3 Å². The lowest BCUT2D eigenvalue weighted by atomic mass is 10.2.